The molecule has 0 fully saturated rings. The Hall–Kier alpha value is -2.10. The molecule has 4 nitrogen and oxygen atoms in total. The Morgan fingerprint density at radius 1 is 1.47 bits per heavy atom. The molecule has 0 saturated heterocycles. The maximum absolute atomic E-state index is 11.5. The van der Waals surface area contributed by atoms with E-state index in [0.717, 1.165) is 12.2 Å². The molecule has 2 rings (SSSR count). The molecular formula is C15H18N2O2. The number of amides is 1. The van der Waals surface area contributed by atoms with Gasteiger partial charge in [-0.25, -0.2) is 0 Å². The normalized spacial score (nSPS) is 18.4. The zero-order valence-electron chi connectivity index (χ0n) is 11.4. The first kappa shape index (κ1) is 13.3. The lowest BCUT2D eigenvalue weighted by molar-refractivity contribution is 0.0957. The van der Waals surface area contributed by atoms with Gasteiger partial charge in [0.25, 0.3) is 5.91 Å². The van der Waals surface area contributed by atoms with Crippen LogP contribution >= 0.6 is 0 Å². The molecule has 100 valence electrons. The fraction of sp³-hybridized carbons (Fsp3) is 0.333. The lowest BCUT2D eigenvalue weighted by Gasteiger charge is -2.19. The highest BCUT2D eigenvalue weighted by molar-refractivity contribution is 5.92. The van der Waals surface area contributed by atoms with Crippen LogP contribution in [0, 0.1) is 5.92 Å². The molecule has 0 spiro atoms. The predicted molar refractivity (Wildman–Crippen MR) is 73.9 cm³/mol. The summed E-state index contributed by atoms with van der Waals surface area (Å²) in [6.07, 6.45) is 6.51. The molecule has 4 heteroatoms. The standard InChI is InChI=1S/C15H18N2O2/c1-10-4-5-12(8-11(10)2)19-13-6-7-17-14(9-13)15(18)16-3/h4-7,9,11H,8H2,1-3H3,(H,16,18). The van der Waals surface area contributed by atoms with E-state index in [0.29, 0.717) is 17.4 Å². The summed E-state index contributed by atoms with van der Waals surface area (Å²) in [7, 11) is 1.58. The van der Waals surface area contributed by atoms with Crippen molar-refractivity contribution in [3.63, 3.8) is 0 Å². The molecule has 1 aromatic rings. The number of ether oxygens (including phenoxy) is 1. The highest BCUT2D eigenvalue weighted by atomic mass is 16.5. The van der Waals surface area contributed by atoms with Gasteiger partial charge in [-0.1, -0.05) is 18.6 Å². The van der Waals surface area contributed by atoms with Crippen molar-refractivity contribution in [3.05, 3.63) is 47.5 Å². The Morgan fingerprint density at radius 2 is 2.26 bits per heavy atom. The number of carbonyl (C=O) groups excluding carboxylic acids is 1. The molecule has 0 bridgehead atoms. The molecule has 0 aromatic carbocycles. The maximum Gasteiger partial charge on any atom is 0.269 e. The lowest BCUT2D eigenvalue weighted by Crippen LogP contribution is -2.19. The first-order chi connectivity index (χ1) is 9.10. The summed E-state index contributed by atoms with van der Waals surface area (Å²) in [4.78, 5) is 15.5. The average molecular weight is 258 g/mol. The lowest BCUT2D eigenvalue weighted by atomic mass is 9.94. The molecule has 1 aliphatic rings. The van der Waals surface area contributed by atoms with Crippen LogP contribution in [0.5, 0.6) is 5.75 Å². The number of carbonyl (C=O) groups is 1. The first-order valence-electron chi connectivity index (χ1n) is 6.33. The smallest absolute Gasteiger partial charge is 0.269 e. The van der Waals surface area contributed by atoms with Crippen molar-refractivity contribution in [1.82, 2.24) is 10.3 Å². The summed E-state index contributed by atoms with van der Waals surface area (Å²) >= 11 is 0. The van der Waals surface area contributed by atoms with Gasteiger partial charge in [-0.15, -0.1) is 0 Å². The molecule has 19 heavy (non-hydrogen) atoms. The molecule has 1 aliphatic carbocycles. The van der Waals surface area contributed by atoms with E-state index >= 15 is 0 Å². The Kier molecular flexibility index (Phi) is 4.00. The Labute approximate surface area is 113 Å². The van der Waals surface area contributed by atoms with E-state index in [1.807, 2.05) is 6.08 Å². The molecule has 1 amide bonds. The summed E-state index contributed by atoms with van der Waals surface area (Å²) in [6.45, 7) is 4.29. The molecular weight excluding hydrogens is 240 g/mol. The second-order valence-corrected chi connectivity index (χ2v) is 4.71. The number of aromatic nitrogens is 1. The van der Waals surface area contributed by atoms with E-state index < -0.39 is 0 Å². The van der Waals surface area contributed by atoms with E-state index in [1.165, 1.54) is 5.57 Å². The van der Waals surface area contributed by atoms with Gasteiger partial charge in [-0.2, -0.15) is 0 Å². The molecule has 0 radical (unpaired) electrons. The second kappa shape index (κ2) is 5.69. The molecule has 1 N–H and O–H groups in total. The van der Waals surface area contributed by atoms with Gasteiger partial charge in [-0.3, -0.25) is 9.78 Å². The van der Waals surface area contributed by atoms with Crippen LogP contribution in [0.1, 0.15) is 30.8 Å². The summed E-state index contributed by atoms with van der Waals surface area (Å²) in [5.74, 6) is 1.82. The number of nitrogens with zero attached hydrogens (tertiary/aromatic N) is 1. The maximum atomic E-state index is 11.5. The number of pyridine rings is 1. The van der Waals surface area contributed by atoms with E-state index in [-0.39, 0.29) is 5.91 Å². The van der Waals surface area contributed by atoms with Crippen molar-refractivity contribution in [2.24, 2.45) is 5.92 Å². The number of allylic oxidation sites excluding steroid dienone is 4. The Morgan fingerprint density at radius 3 is 2.95 bits per heavy atom. The van der Waals surface area contributed by atoms with E-state index in [1.54, 1.807) is 25.4 Å². The Bertz CT molecular complexity index is 547. The van der Waals surface area contributed by atoms with Gasteiger partial charge in [0.1, 0.15) is 17.2 Å². The summed E-state index contributed by atoms with van der Waals surface area (Å²) < 4.78 is 5.81. The fourth-order valence-electron chi connectivity index (χ4n) is 1.87. The third kappa shape index (κ3) is 3.22. The number of hydrogen-bond acceptors (Lipinski definition) is 3. The van der Waals surface area contributed by atoms with Gasteiger partial charge in [0.2, 0.25) is 0 Å². The van der Waals surface area contributed by atoms with Crippen LogP contribution in [-0.2, 0) is 0 Å². The van der Waals surface area contributed by atoms with E-state index in [2.05, 4.69) is 30.2 Å². The van der Waals surface area contributed by atoms with Crippen molar-refractivity contribution < 1.29 is 9.53 Å². The van der Waals surface area contributed by atoms with E-state index in [9.17, 15) is 4.79 Å². The fourth-order valence-corrected chi connectivity index (χ4v) is 1.87. The summed E-state index contributed by atoms with van der Waals surface area (Å²) in [6, 6.07) is 3.40. The van der Waals surface area contributed by atoms with Crippen LogP contribution < -0.4 is 10.1 Å². The van der Waals surface area contributed by atoms with Crippen LogP contribution in [0.4, 0.5) is 0 Å². The van der Waals surface area contributed by atoms with Crippen LogP contribution in [0.25, 0.3) is 0 Å². The highest BCUT2D eigenvalue weighted by Crippen LogP contribution is 2.26. The van der Waals surface area contributed by atoms with Crippen molar-refractivity contribution in [2.45, 2.75) is 20.3 Å². The largest absolute Gasteiger partial charge is 0.462 e. The molecule has 0 saturated carbocycles. The number of nitrogens with one attached hydrogen (secondary N) is 1. The van der Waals surface area contributed by atoms with Crippen LogP contribution in [0.2, 0.25) is 0 Å². The van der Waals surface area contributed by atoms with Gasteiger partial charge in [0.15, 0.2) is 0 Å². The van der Waals surface area contributed by atoms with E-state index in [4.69, 9.17) is 4.74 Å². The minimum atomic E-state index is -0.216. The van der Waals surface area contributed by atoms with Gasteiger partial charge in [-0.05, 0) is 25.0 Å². The van der Waals surface area contributed by atoms with Crippen molar-refractivity contribution >= 4 is 5.91 Å². The molecule has 1 atom stereocenters. The quantitative estimate of drug-likeness (QED) is 0.906. The zero-order valence-corrected chi connectivity index (χ0v) is 11.4. The van der Waals surface area contributed by atoms with Crippen molar-refractivity contribution in [2.75, 3.05) is 7.05 Å². The van der Waals surface area contributed by atoms with Crippen LogP contribution in [-0.4, -0.2) is 17.9 Å². The van der Waals surface area contributed by atoms with Gasteiger partial charge < -0.3 is 10.1 Å². The van der Waals surface area contributed by atoms with Gasteiger partial charge in [0.05, 0.1) is 0 Å². The zero-order chi connectivity index (χ0) is 13.8. The monoisotopic (exact) mass is 258 g/mol. The first-order valence-corrected chi connectivity index (χ1v) is 6.33. The third-order valence-corrected chi connectivity index (χ3v) is 3.26. The second-order valence-electron chi connectivity index (χ2n) is 4.71. The molecule has 1 unspecified atom stereocenters. The number of hydrogen-bond donors (Lipinski definition) is 1. The average Bonchev–Trinajstić information content (AvgIpc) is 2.42. The van der Waals surface area contributed by atoms with Gasteiger partial charge >= 0.3 is 0 Å². The third-order valence-electron chi connectivity index (χ3n) is 3.26. The van der Waals surface area contributed by atoms with Gasteiger partial charge in [0, 0.05) is 25.7 Å². The minimum absolute atomic E-state index is 0.216. The minimum Gasteiger partial charge on any atom is -0.462 e. The highest BCUT2D eigenvalue weighted by Gasteiger charge is 2.14. The number of rotatable bonds is 3. The van der Waals surface area contributed by atoms with Crippen molar-refractivity contribution in [1.29, 1.82) is 0 Å². The van der Waals surface area contributed by atoms with Crippen LogP contribution in [0.15, 0.2) is 41.8 Å². The Balaban J connectivity index is 2.14. The topological polar surface area (TPSA) is 51.2 Å². The van der Waals surface area contributed by atoms with Crippen LogP contribution in [0.3, 0.4) is 0 Å². The SMILES string of the molecule is CNC(=O)c1cc(OC2=CC=C(C)C(C)C2)ccn1. The summed E-state index contributed by atoms with van der Waals surface area (Å²) in [5, 5.41) is 2.54. The van der Waals surface area contributed by atoms with Crippen molar-refractivity contribution in [3.8, 4) is 5.75 Å². The summed E-state index contributed by atoms with van der Waals surface area (Å²) in [5.41, 5.74) is 1.71. The predicted octanol–water partition coefficient (Wildman–Crippen LogP) is 2.69. The molecule has 0 aliphatic heterocycles. The molecule has 1 aromatic heterocycles. The molecule has 1 heterocycles.